The van der Waals surface area contributed by atoms with Crippen molar-refractivity contribution >= 4 is 18.3 Å². The predicted octanol–water partition coefficient (Wildman–Crippen LogP) is 5.07. The molecule has 34 heavy (non-hydrogen) atoms. The highest BCUT2D eigenvalue weighted by molar-refractivity contribution is 6.41. The van der Waals surface area contributed by atoms with Gasteiger partial charge >= 0.3 is 0 Å². The molecule has 0 amide bonds. The molecule has 1 aliphatic heterocycles. The predicted molar refractivity (Wildman–Crippen MR) is 138 cm³/mol. The highest BCUT2D eigenvalue weighted by atomic mass is 16.5. The average Bonchev–Trinajstić information content (AvgIpc) is 3.17. The molecule has 6 nitrogen and oxygen atoms in total. The van der Waals surface area contributed by atoms with E-state index >= 15 is 0 Å². The minimum Gasteiger partial charge on any atom is -0.497 e. The number of nitrogens with two attached hydrogens (primary N) is 1. The van der Waals surface area contributed by atoms with Crippen LogP contribution in [0.4, 0.5) is 0 Å². The van der Waals surface area contributed by atoms with E-state index < -0.39 is 5.66 Å². The summed E-state index contributed by atoms with van der Waals surface area (Å²) in [7, 11) is 3.51. The Hall–Kier alpha value is -2.99. The first kappa shape index (κ1) is 22.8. The number of aryl methyl sites for hydroxylation is 1. The van der Waals surface area contributed by atoms with Gasteiger partial charge in [-0.3, -0.25) is 9.98 Å². The van der Waals surface area contributed by atoms with Gasteiger partial charge in [-0.15, -0.1) is 0 Å². The van der Waals surface area contributed by atoms with Gasteiger partial charge < -0.3 is 15.2 Å². The second-order valence-corrected chi connectivity index (χ2v) is 9.91. The van der Waals surface area contributed by atoms with Crippen LogP contribution in [0.2, 0.25) is 0 Å². The molecule has 3 aliphatic rings. The number of benzene rings is 2. The van der Waals surface area contributed by atoms with E-state index in [0.29, 0.717) is 18.5 Å². The Balaban J connectivity index is 1.65. The molecule has 0 aromatic heterocycles. The minimum atomic E-state index is -0.659. The number of rotatable bonds is 5. The summed E-state index contributed by atoms with van der Waals surface area (Å²) in [6.45, 7) is 6.18. The van der Waals surface area contributed by atoms with Crippen LogP contribution >= 0.6 is 0 Å². The van der Waals surface area contributed by atoms with Gasteiger partial charge in [0, 0.05) is 18.1 Å². The van der Waals surface area contributed by atoms with Crippen molar-refractivity contribution in [1.82, 2.24) is 0 Å². The van der Waals surface area contributed by atoms with E-state index in [2.05, 4.69) is 42.0 Å². The van der Waals surface area contributed by atoms with E-state index in [1.807, 2.05) is 20.1 Å². The molecule has 5 rings (SSSR count). The maximum atomic E-state index is 6.39. The van der Waals surface area contributed by atoms with E-state index in [1.165, 1.54) is 11.1 Å². The van der Waals surface area contributed by atoms with Crippen molar-refractivity contribution in [3.05, 3.63) is 53.1 Å². The summed E-state index contributed by atoms with van der Waals surface area (Å²) in [5.74, 6) is 1.38. The van der Waals surface area contributed by atoms with Crippen LogP contribution in [-0.4, -0.2) is 38.6 Å². The number of ether oxygens (including phenoxy) is 2. The maximum absolute atomic E-state index is 6.39. The summed E-state index contributed by atoms with van der Waals surface area (Å²) in [6.07, 6.45) is 6.56. The van der Waals surface area contributed by atoms with E-state index in [9.17, 15) is 0 Å². The van der Waals surface area contributed by atoms with E-state index in [0.717, 1.165) is 66.7 Å². The Kier molecular flexibility index (Phi) is 5.80. The molecule has 1 heterocycles. The second kappa shape index (κ2) is 8.66. The van der Waals surface area contributed by atoms with Gasteiger partial charge in [0.25, 0.3) is 0 Å². The Labute approximate surface area is 202 Å². The van der Waals surface area contributed by atoms with Crippen molar-refractivity contribution in [1.29, 1.82) is 0 Å². The van der Waals surface area contributed by atoms with E-state index in [-0.39, 0.29) is 5.41 Å². The maximum Gasteiger partial charge on any atom is 0.184 e. The van der Waals surface area contributed by atoms with Gasteiger partial charge in [-0.25, -0.2) is 4.99 Å². The molecule has 2 aromatic rings. The van der Waals surface area contributed by atoms with Crippen molar-refractivity contribution in [3.8, 4) is 16.9 Å². The number of aliphatic imine (C=N–C) groups is 3. The highest BCUT2D eigenvalue weighted by Crippen LogP contribution is 2.60. The first-order valence-electron chi connectivity index (χ1n) is 12.1. The third kappa shape index (κ3) is 3.56. The monoisotopic (exact) mass is 458 g/mol. The third-order valence-electron chi connectivity index (χ3n) is 8.13. The molecular weight excluding hydrogens is 424 g/mol. The van der Waals surface area contributed by atoms with Gasteiger partial charge in [0.05, 0.1) is 25.5 Å². The molecule has 1 unspecified atom stereocenters. The molecule has 2 aliphatic carbocycles. The van der Waals surface area contributed by atoms with Crippen LogP contribution in [0.1, 0.15) is 55.7 Å². The topological polar surface area (TPSA) is 81.6 Å². The molecule has 178 valence electrons. The summed E-state index contributed by atoms with van der Waals surface area (Å²) in [4.78, 5) is 14.5. The number of fused-ring (bicyclic) bond motifs is 3. The zero-order chi connectivity index (χ0) is 23.9. The minimum absolute atomic E-state index is 0.0394. The first-order chi connectivity index (χ1) is 16.4. The van der Waals surface area contributed by atoms with Crippen LogP contribution in [0, 0.1) is 5.41 Å². The van der Waals surface area contributed by atoms with Gasteiger partial charge in [0.2, 0.25) is 0 Å². The van der Waals surface area contributed by atoms with Gasteiger partial charge in [-0.1, -0.05) is 12.1 Å². The number of hydrogen-bond donors (Lipinski definition) is 1. The Morgan fingerprint density at radius 3 is 2.50 bits per heavy atom. The number of hydrogen-bond acceptors (Lipinski definition) is 6. The van der Waals surface area contributed by atoms with Crippen LogP contribution < -0.4 is 10.5 Å². The van der Waals surface area contributed by atoms with Crippen molar-refractivity contribution in [2.24, 2.45) is 26.1 Å². The fraction of sp³-hybridized carbons (Fsp3) is 0.464. The quantitative estimate of drug-likeness (QED) is 0.635. The molecule has 1 atom stereocenters. The van der Waals surface area contributed by atoms with Crippen molar-refractivity contribution in [2.45, 2.75) is 63.8 Å². The van der Waals surface area contributed by atoms with Crippen LogP contribution in [0.25, 0.3) is 11.1 Å². The van der Waals surface area contributed by atoms with Crippen molar-refractivity contribution in [3.63, 3.8) is 0 Å². The molecule has 0 bridgehead atoms. The largest absolute Gasteiger partial charge is 0.497 e. The Morgan fingerprint density at radius 2 is 1.85 bits per heavy atom. The number of methoxy groups -OCH3 is 2. The standard InChI is InChI=1S/C28H34N4O2/c1-18-26(29)32-28(31-18)25-16-21(22-13-19(17-30-2)14-24(15-22)34-4)6-5-20(25)7-10-27(28)11-8-23(33-3)9-12-27/h5-6,13-16,23H,2,7-12,17H2,1,3-4H3,(H2,29,32). The summed E-state index contributed by atoms with van der Waals surface area (Å²) < 4.78 is 11.3. The van der Waals surface area contributed by atoms with Crippen molar-refractivity contribution < 1.29 is 9.47 Å². The normalized spacial score (nSPS) is 27.9. The second-order valence-electron chi connectivity index (χ2n) is 9.91. The average molecular weight is 459 g/mol. The summed E-state index contributed by atoms with van der Waals surface area (Å²) >= 11 is 0. The lowest BCUT2D eigenvalue weighted by molar-refractivity contribution is -0.0180. The lowest BCUT2D eigenvalue weighted by Crippen LogP contribution is -2.49. The molecule has 0 saturated heterocycles. The van der Waals surface area contributed by atoms with Gasteiger partial charge in [-0.05, 0) is 98.7 Å². The third-order valence-corrected chi connectivity index (χ3v) is 8.13. The smallest absolute Gasteiger partial charge is 0.184 e. The zero-order valence-corrected chi connectivity index (χ0v) is 20.4. The number of nitrogens with zero attached hydrogens (tertiary/aromatic N) is 3. The van der Waals surface area contributed by atoms with Gasteiger partial charge in [0.1, 0.15) is 11.6 Å². The number of amidine groups is 1. The van der Waals surface area contributed by atoms with Crippen LogP contribution in [0.3, 0.4) is 0 Å². The van der Waals surface area contributed by atoms with Crippen molar-refractivity contribution in [2.75, 3.05) is 14.2 Å². The summed E-state index contributed by atoms with van der Waals surface area (Å²) in [5, 5.41) is 0. The fourth-order valence-electron chi connectivity index (χ4n) is 6.21. The zero-order valence-electron chi connectivity index (χ0n) is 20.4. The van der Waals surface area contributed by atoms with Crippen LogP contribution in [0.5, 0.6) is 5.75 Å². The SMILES string of the molecule is C=NCc1cc(OC)cc(-c2ccc3c(c2)C2(N=C(C)C(N)=N2)C2(CC3)CCC(OC)CC2)c1. The Bertz CT molecular complexity index is 1160. The molecule has 6 heteroatoms. The van der Waals surface area contributed by atoms with Gasteiger partial charge in [-0.2, -0.15) is 0 Å². The first-order valence-corrected chi connectivity index (χ1v) is 12.1. The summed E-state index contributed by atoms with van der Waals surface area (Å²) in [6, 6.07) is 13.0. The highest BCUT2D eigenvalue weighted by Gasteiger charge is 2.58. The summed E-state index contributed by atoms with van der Waals surface area (Å²) in [5.41, 5.74) is 12.3. The molecule has 2 aromatic carbocycles. The van der Waals surface area contributed by atoms with Gasteiger partial charge in [0.15, 0.2) is 5.66 Å². The molecule has 0 radical (unpaired) electrons. The molecular formula is C28H34N4O2. The van der Waals surface area contributed by atoms with Crippen LogP contribution in [0.15, 0.2) is 51.4 Å². The molecule has 2 N–H and O–H groups in total. The fourth-order valence-corrected chi connectivity index (χ4v) is 6.21. The Morgan fingerprint density at radius 1 is 1.06 bits per heavy atom. The molecule has 1 saturated carbocycles. The lowest BCUT2D eigenvalue weighted by Gasteiger charge is -2.52. The lowest BCUT2D eigenvalue weighted by atomic mass is 9.57. The van der Waals surface area contributed by atoms with E-state index in [4.69, 9.17) is 25.2 Å². The molecule has 1 fully saturated rings. The van der Waals surface area contributed by atoms with E-state index in [1.54, 1.807) is 7.11 Å². The molecule has 2 spiro atoms. The van der Waals surface area contributed by atoms with Crippen LogP contribution in [-0.2, 0) is 23.4 Å².